The molecule has 6 nitrogen and oxygen atoms in total. The number of benzene rings is 1. The van der Waals surface area contributed by atoms with Crippen molar-refractivity contribution in [1.29, 1.82) is 0 Å². The predicted molar refractivity (Wildman–Crippen MR) is 130 cm³/mol. The number of thiazole rings is 1. The van der Waals surface area contributed by atoms with Crippen LogP contribution in [0.3, 0.4) is 0 Å². The van der Waals surface area contributed by atoms with E-state index in [9.17, 15) is 9.59 Å². The Labute approximate surface area is 193 Å². The Kier molecular flexibility index (Phi) is 5.68. The highest BCUT2D eigenvalue weighted by molar-refractivity contribution is 7.99. The minimum Gasteiger partial charge on any atom is -0.301 e. The summed E-state index contributed by atoms with van der Waals surface area (Å²) in [6.45, 7) is 0. The molecule has 1 aromatic carbocycles. The zero-order valence-corrected chi connectivity index (χ0v) is 19.1. The maximum atomic E-state index is 13.6. The maximum Gasteiger partial charge on any atom is 0.268 e. The first-order chi connectivity index (χ1) is 15.2. The fourth-order valence-electron chi connectivity index (χ4n) is 3.06. The molecule has 0 saturated carbocycles. The Morgan fingerprint density at radius 3 is 2.68 bits per heavy atom. The van der Waals surface area contributed by atoms with Crippen LogP contribution >= 0.6 is 45.8 Å². The number of thiophene rings is 2. The van der Waals surface area contributed by atoms with Gasteiger partial charge in [-0.15, -0.1) is 34.0 Å². The predicted octanol–water partition coefficient (Wildman–Crippen LogP) is 5.36. The average molecular weight is 483 g/mol. The quantitative estimate of drug-likeness (QED) is 0.260. The van der Waals surface area contributed by atoms with Gasteiger partial charge in [0.05, 0.1) is 16.8 Å². The highest BCUT2D eigenvalue weighted by Gasteiger charge is 2.19. The number of amides is 1. The SMILES string of the molecule is O=C(CSc1nc2scc(-c3cccs3)c2c(=O)n1-c1ccccc1)Nc1nccs1. The van der Waals surface area contributed by atoms with Crippen LogP contribution in [-0.4, -0.2) is 26.2 Å². The summed E-state index contributed by atoms with van der Waals surface area (Å²) in [7, 11) is 0. The normalized spacial score (nSPS) is 11.1. The van der Waals surface area contributed by atoms with Gasteiger partial charge in [-0.2, -0.15) is 0 Å². The lowest BCUT2D eigenvalue weighted by molar-refractivity contribution is -0.113. The number of rotatable bonds is 6. The molecular formula is C21H14N4O2S4. The van der Waals surface area contributed by atoms with Crippen LogP contribution < -0.4 is 10.9 Å². The van der Waals surface area contributed by atoms with Gasteiger partial charge in [0, 0.05) is 27.4 Å². The Bertz CT molecular complexity index is 1390. The van der Waals surface area contributed by atoms with Gasteiger partial charge in [-0.25, -0.2) is 9.97 Å². The molecule has 0 bridgehead atoms. The Morgan fingerprint density at radius 1 is 1.06 bits per heavy atom. The van der Waals surface area contributed by atoms with E-state index in [4.69, 9.17) is 4.98 Å². The van der Waals surface area contributed by atoms with Gasteiger partial charge < -0.3 is 5.32 Å². The van der Waals surface area contributed by atoms with Crippen LogP contribution in [0.5, 0.6) is 0 Å². The number of para-hydroxylation sites is 1. The molecule has 0 spiro atoms. The van der Waals surface area contributed by atoms with E-state index >= 15 is 0 Å². The first kappa shape index (κ1) is 20.1. The average Bonchev–Trinajstić information content (AvgIpc) is 3.54. The molecule has 0 radical (unpaired) electrons. The lowest BCUT2D eigenvalue weighted by Gasteiger charge is -2.12. The second-order valence-corrected chi connectivity index (χ2v) is 9.99. The van der Waals surface area contributed by atoms with Crippen molar-refractivity contribution in [2.24, 2.45) is 0 Å². The van der Waals surface area contributed by atoms with Crippen molar-refractivity contribution >= 4 is 67.0 Å². The molecule has 4 heterocycles. The monoisotopic (exact) mass is 482 g/mol. The van der Waals surface area contributed by atoms with Crippen LogP contribution in [-0.2, 0) is 4.79 Å². The number of anilines is 1. The van der Waals surface area contributed by atoms with Crippen LogP contribution in [0, 0.1) is 0 Å². The number of carbonyl (C=O) groups excluding carboxylic acids is 1. The lowest BCUT2D eigenvalue weighted by atomic mass is 10.2. The molecule has 0 atom stereocenters. The molecule has 0 aliphatic heterocycles. The minimum absolute atomic E-state index is 0.119. The van der Waals surface area contributed by atoms with Gasteiger partial charge in [0.1, 0.15) is 4.83 Å². The molecule has 0 unspecified atom stereocenters. The standard InChI is InChI=1S/C21H14N4O2S4/c26-16(23-20-22-8-10-29-20)12-31-21-24-18-17(14(11-30-18)15-7-4-9-28-15)19(27)25(21)13-5-2-1-3-6-13/h1-11H,12H2,(H,22,23,26). The third-order valence-corrected chi connectivity index (χ3v) is 7.79. The second-order valence-electron chi connectivity index (χ2n) is 6.35. The van der Waals surface area contributed by atoms with Crippen LogP contribution in [0.25, 0.3) is 26.3 Å². The molecule has 154 valence electrons. The molecule has 0 aliphatic carbocycles. The Hall–Kier alpha value is -2.79. The molecule has 0 fully saturated rings. The van der Waals surface area contributed by atoms with Crippen molar-refractivity contribution in [3.05, 3.63) is 75.2 Å². The van der Waals surface area contributed by atoms with Gasteiger partial charge in [0.25, 0.3) is 5.56 Å². The van der Waals surface area contributed by atoms with Gasteiger partial charge in [-0.3, -0.25) is 14.2 Å². The zero-order chi connectivity index (χ0) is 21.2. The van der Waals surface area contributed by atoms with Crippen LogP contribution in [0.15, 0.2) is 74.8 Å². The molecule has 0 aliphatic rings. The van der Waals surface area contributed by atoms with Crippen molar-refractivity contribution in [3.8, 4) is 16.1 Å². The van der Waals surface area contributed by atoms with E-state index in [-0.39, 0.29) is 17.2 Å². The van der Waals surface area contributed by atoms with Crippen molar-refractivity contribution < 1.29 is 4.79 Å². The van der Waals surface area contributed by atoms with E-state index in [1.165, 1.54) is 34.4 Å². The largest absolute Gasteiger partial charge is 0.301 e. The third kappa shape index (κ3) is 4.07. The van der Waals surface area contributed by atoms with E-state index in [1.54, 1.807) is 27.5 Å². The number of thioether (sulfide) groups is 1. The van der Waals surface area contributed by atoms with Gasteiger partial charge >= 0.3 is 0 Å². The number of hydrogen-bond acceptors (Lipinski definition) is 8. The Balaban J connectivity index is 1.57. The lowest BCUT2D eigenvalue weighted by Crippen LogP contribution is -2.22. The smallest absolute Gasteiger partial charge is 0.268 e. The maximum absolute atomic E-state index is 13.6. The Morgan fingerprint density at radius 2 is 1.94 bits per heavy atom. The van der Waals surface area contributed by atoms with Crippen molar-refractivity contribution in [3.63, 3.8) is 0 Å². The van der Waals surface area contributed by atoms with E-state index < -0.39 is 0 Å². The van der Waals surface area contributed by atoms with E-state index in [1.807, 2.05) is 53.2 Å². The topological polar surface area (TPSA) is 76.9 Å². The van der Waals surface area contributed by atoms with Crippen LogP contribution in [0.1, 0.15) is 0 Å². The number of nitrogens with zero attached hydrogens (tertiary/aromatic N) is 3. The van der Waals surface area contributed by atoms with E-state index in [0.29, 0.717) is 26.2 Å². The third-order valence-electron chi connectivity index (χ3n) is 4.39. The summed E-state index contributed by atoms with van der Waals surface area (Å²) < 4.78 is 1.59. The van der Waals surface area contributed by atoms with E-state index in [2.05, 4.69) is 10.3 Å². The van der Waals surface area contributed by atoms with Crippen LogP contribution in [0.2, 0.25) is 0 Å². The highest BCUT2D eigenvalue weighted by Crippen LogP contribution is 2.35. The summed E-state index contributed by atoms with van der Waals surface area (Å²) in [4.78, 5) is 36.5. The van der Waals surface area contributed by atoms with Gasteiger partial charge in [-0.1, -0.05) is 36.0 Å². The van der Waals surface area contributed by atoms with Crippen molar-refractivity contribution in [2.75, 3.05) is 11.1 Å². The molecule has 10 heteroatoms. The molecule has 1 N–H and O–H groups in total. The molecule has 0 saturated heterocycles. The molecule has 31 heavy (non-hydrogen) atoms. The fraction of sp³-hybridized carbons (Fsp3) is 0.0476. The van der Waals surface area contributed by atoms with Gasteiger partial charge in [0.2, 0.25) is 5.91 Å². The summed E-state index contributed by atoms with van der Waals surface area (Å²) in [6, 6.07) is 13.4. The van der Waals surface area contributed by atoms with Crippen molar-refractivity contribution in [1.82, 2.24) is 14.5 Å². The number of aromatic nitrogens is 3. The fourth-order valence-corrected chi connectivity index (χ4v) is 6.22. The number of nitrogens with one attached hydrogen (secondary N) is 1. The number of carbonyl (C=O) groups is 1. The summed E-state index contributed by atoms with van der Waals surface area (Å²) in [5, 5.41) is 10.2. The van der Waals surface area contributed by atoms with Crippen molar-refractivity contribution in [2.45, 2.75) is 5.16 Å². The zero-order valence-electron chi connectivity index (χ0n) is 15.8. The molecule has 5 aromatic rings. The molecule has 1 amide bonds. The minimum atomic E-state index is -0.195. The van der Waals surface area contributed by atoms with Gasteiger partial charge in [-0.05, 0) is 23.6 Å². The number of fused-ring (bicyclic) bond motifs is 1. The summed E-state index contributed by atoms with van der Waals surface area (Å²) >= 11 is 5.63. The van der Waals surface area contributed by atoms with Crippen LogP contribution in [0.4, 0.5) is 5.13 Å². The van der Waals surface area contributed by atoms with E-state index in [0.717, 1.165) is 10.4 Å². The second kappa shape index (κ2) is 8.75. The summed E-state index contributed by atoms with van der Waals surface area (Å²) in [6.07, 6.45) is 1.64. The first-order valence-electron chi connectivity index (χ1n) is 9.16. The molecular weight excluding hydrogens is 469 g/mol. The highest BCUT2D eigenvalue weighted by atomic mass is 32.2. The summed E-state index contributed by atoms with van der Waals surface area (Å²) in [5.41, 5.74) is 1.48. The molecule has 4 aromatic heterocycles. The number of hydrogen-bond donors (Lipinski definition) is 1. The molecule has 5 rings (SSSR count). The first-order valence-corrected chi connectivity index (χ1v) is 12.8. The van der Waals surface area contributed by atoms with Gasteiger partial charge in [0.15, 0.2) is 10.3 Å². The summed E-state index contributed by atoms with van der Waals surface area (Å²) in [5.74, 6) is -0.0765.